The van der Waals surface area contributed by atoms with Crippen LogP contribution in [-0.2, 0) is 4.79 Å². The van der Waals surface area contributed by atoms with E-state index in [-0.39, 0.29) is 11.9 Å². The second kappa shape index (κ2) is 8.14. The average Bonchev–Trinajstić information content (AvgIpc) is 3.01. The van der Waals surface area contributed by atoms with Gasteiger partial charge >= 0.3 is 0 Å². The molecule has 3 unspecified atom stereocenters. The third-order valence-corrected chi connectivity index (χ3v) is 5.27. The van der Waals surface area contributed by atoms with Crippen molar-refractivity contribution >= 4 is 5.91 Å². The Kier molecular flexibility index (Phi) is 6.49. The summed E-state index contributed by atoms with van der Waals surface area (Å²) >= 11 is 0. The molecule has 0 bridgehead atoms. The van der Waals surface area contributed by atoms with Crippen LogP contribution in [0.4, 0.5) is 0 Å². The zero-order chi connectivity index (χ0) is 15.2. The summed E-state index contributed by atoms with van der Waals surface area (Å²) in [4.78, 5) is 15.0. The second-order valence-electron chi connectivity index (χ2n) is 7.10. The fourth-order valence-corrected chi connectivity index (χ4v) is 3.75. The first-order valence-corrected chi connectivity index (χ1v) is 8.87. The molecule has 2 rings (SSSR count). The van der Waals surface area contributed by atoms with Gasteiger partial charge in [-0.1, -0.05) is 27.2 Å². The first-order chi connectivity index (χ1) is 10.1. The molecule has 0 aliphatic carbocycles. The topological polar surface area (TPSA) is 44.4 Å². The van der Waals surface area contributed by atoms with Crippen molar-refractivity contribution in [3.05, 3.63) is 0 Å². The van der Waals surface area contributed by atoms with Gasteiger partial charge in [0.2, 0.25) is 5.91 Å². The molecule has 122 valence electrons. The molecule has 0 aromatic rings. The molecule has 2 fully saturated rings. The maximum Gasteiger partial charge on any atom is 0.237 e. The highest BCUT2D eigenvalue weighted by molar-refractivity contribution is 5.81. The lowest BCUT2D eigenvalue weighted by Crippen LogP contribution is -2.52. The number of carbonyl (C=O) groups excluding carboxylic acids is 1. The predicted octanol–water partition coefficient (Wildman–Crippen LogP) is 2.00. The van der Waals surface area contributed by atoms with Crippen LogP contribution in [0, 0.1) is 11.8 Å². The molecular formula is C17H33N3O. The van der Waals surface area contributed by atoms with Crippen molar-refractivity contribution in [1.29, 1.82) is 0 Å². The maximum absolute atomic E-state index is 12.4. The van der Waals surface area contributed by atoms with Crippen molar-refractivity contribution < 1.29 is 4.79 Å². The van der Waals surface area contributed by atoms with Gasteiger partial charge in [-0.05, 0) is 57.2 Å². The first-order valence-electron chi connectivity index (χ1n) is 8.87. The van der Waals surface area contributed by atoms with Crippen molar-refractivity contribution in [2.24, 2.45) is 11.8 Å². The van der Waals surface area contributed by atoms with Gasteiger partial charge in [-0.25, -0.2) is 0 Å². The first kappa shape index (κ1) is 16.8. The number of nitrogens with zero attached hydrogens (tertiary/aromatic N) is 1. The third-order valence-electron chi connectivity index (χ3n) is 5.27. The van der Waals surface area contributed by atoms with Crippen LogP contribution in [0.2, 0.25) is 0 Å². The van der Waals surface area contributed by atoms with Crippen LogP contribution < -0.4 is 10.6 Å². The number of rotatable bonds is 6. The molecule has 2 saturated heterocycles. The summed E-state index contributed by atoms with van der Waals surface area (Å²) in [6, 6.07) is 0.511. The SMILES string of the molecule is CCC1CCNC(C(=O)NCC(C(C)C)N2CCCC2)C1. The number of hydrogen-bond acceptors (Lipinski definition) is 3. The fourth-order valence-electron chi connectivity index (χ4n) is 3.75. The van der Waals surface area contributed by atoms with E-state index >= 15 is 0 Å². The highest BCUT2D eigenvalue weighted by Crippen LogP contribution is 2.20. The van der Waals surface area contributed by atoms with Crippen LogP contribution >= 0.6 is 0 Å². The van der Waals surface area contributed by atoms with Gasteiger partial charge < -0.3 is 10.6 Å². The second-order valence-corrected chi connectivity index (χ2v) is 7.10. The lowest BCUT2D eigenvalue weighted by Gasteiger charge is -2.33. The molecular weight excluding hydrogens is 262 g/mol. The van der Waals surface area contributed by atoms with E-state index in [9.17, 15) is 4.79 Å². The average molecular weight is 295 g/mol. The van der Waals surface area contributed by atoms with Crippen LogP contribution in [0.1, 0.15) is 52.9 Å². The summed E-state index contributed by atoms with van der Waals surface area (Å²) in [5.41, 5.74) is 0. The molecule has 2 aliphatic heterocycles. The molecule has 0 spiro atoms. The highest BCUT2D eigenvalue weighted by Gasteiger charge is 2.28. The summed E-state index contributed by atoms with van der Waals surface area (Å²) in [7, 11) is 0. The molecule has 1 amide bonds. The molecule has 2 heterocycles. The Labute approximate surface area is 130 Å². The Morgan fingerprint density at radius 1 is 1.33 bits per heavy atom. The standard InChI is InChI=1S/C17H33N3O/c1-4-14-7-8-18-15(11-14)17(21)19-12-16(13(2)3)20-9-5-6-10-20/h13-16,18H,4-12H2,1-3H3,(H,19,21). The smallest absolute Gasteiger partial charge is 0.237 e. The molecule has 0 aromatic heterocycles. The Hall–Kier alpha value is -0.610. The number of piperidine rings is 1. The molecule has 2 aliphatic rings. The van der Waals surface area contributed by atoms with Gasteiger partial charge in [0.25, 0.3) is 0 Å². The van der Waals surface area contributed by atoms with Gasteiger partial charge in [0, 0.05) is 12.6 Å². The van der Waals surface area contributed by atoms with Crippen molar-refractivity contribution in [2.75, 3.05) is 26.2 Å². The molecule has 0 radical (unpaired) electrons. The van der Waals surface area contributed by atoms with E-state index in [1.54, 1.807) is 0 Å². The van der Waals surface area contributed by atoms with E-state index in [2.05, 4.69) is 36.3 Å². The number of hydrogen-bond donors (Lipinski definition) is 2. The minimum absolute atomic E-state index is 0.0232. The van der Waals surface area contributed by atoms with Gasteiger partial charge in [0.1, 0.15) is 0 Å². The lowest BCUT2D eigenvalue weighted by molar-refractivity contribution is -0.124. The summed E-state index contributed by atoms with van der Waals surface area (Å²) in [5.74, 6) is 1.51. The Bertz CT molecular complexity index is 326. The third kappa shape index (κ3) is 4.68. The molecule has 3 atom stereocenters. The van der Waals surface area contributed by atoms with Crippen molar-refractivity contribution in [3.8, 4) is 0 Å². The minimum Gasteiger partial charge on any atom is -0.353 e. The van der Waals surface area contributed by atoms with Gasteiger partial charge in [-0.3, -0.25) is 9.69 Å². The van der Waals surface area contributed by atoms with E-state index in [4.69, 9.17) is 0 Å². The predicted molar refractivity (Wildman–Crippen MR) is 87.2 cm³/mol. The quantitative estimate of drug-likeness (QED) is 0.788. The van der Waals surface area contributed by atoms with Crippen molar-refractivity contribution in [3.63, 3.8) is 0 Å². The zero-order valence-electron chi connectivity index (χ0n) is 14.0. The largest absolute Gasteiger partial charge is 0.353 e. The van der Waals surface area contributed by atoms with Crippen molar-refractivity contribution in [1.82, 2.24) is 15.5 Å². The number of carbonyl (C=O) groups is 1. The highest BCUT2D eigenvalue weighted by atomic mass is 16.2. The van der Waals surface area contributed by atoms with Gasteiger partial charge in [-0.15, -0.1) is 0 Å². The van der Waals surface area contributed by atoms with E-state index in [0.717, 1.165) is 19.5 Å². The normalized spacial score (nSPS) is 28.8. The fraction of sp³-hybridized carbons (Fsp3) is 0.941. The molecule has 4 heteroatoms. The Morgan fingerprint density at radius 3 is 2.67 bits per heavy atom. The summed E-state index contributed by atoms with van der Waals surface area (Å²) < 4.78 is 0. The van der Waals surface area contributed by atoms with Gasteiger partial charge in [0.15, 0.2) is 0 Å². The monoisotopic (exact) mass is 295 g/mol. The van der Waals surface area contributed by atoms with E-state index in [1.807, 2.05) is 0 Å². The summed E-state index contributed by atoms with van der Waals surface area (Å²) in [6.45, 7) is 10.9. The molecule has 21 heavy (non-hydrogen) atoms. The van der Waals surface area contributed by atoms with Crippen LogP contribution in [0.15, 0.2) is 0 Å². The van der Waals surface area contributed by atoms with Crippen LogP contribution in [0.25, 0.3) is 0 Å². The minimum atomic E-state index is 0.0232. The number of amides is 1. The van der Waals surface area contributed by atoms with Gasteiger partial charge in [-0.2, -0.15) is 0 Å². The molecule has 0 aromatic carbocycles. The summed E-state index contributed by atoms with van der Waals surface area (Å²) in [5, 5.41) is 6.59. The van der Waals surface area contributed by atoms with Crippen LogP contribution in [0.3, 0.4) is 0 Å². The van der Waals surface area contributed by atoms with E-state index < -0.39 is 0 Å². The van der Waals surface area contributed by atoms with Crippen LogP contribution in [0.5, 0.6) is 0 Å². The number of nitrogens with one attached hydrogen (secondary N) is 2. The number of likely N-dealkylation sites (tertiary alicyclic amines) is 1. The van der Waals surface area contributed by atoms with E-state index in [1.165, 1.54) is 38.8 Å². The molecule has 0 saturated carbocycles. The lowest BCUT2D eigenvalue weighted by atomic mass is 9.90. The van der Waals surface area contributed by atoms with Crippen LogP contribution in [-0.4, -0.2) is 49.1 Å². The Morgan fingerprint density at radius 2 is 2.05 bits per heavy atom. The molecule has 4 nitrogen and oxygen atoms in total. The van der Waals surface area contributed by atoms with Crippen molar-refractivity contribution in [2.45, 2.75) is 65.0 Å². The maximum atomic E-state index is 12.4. The summed E-state index contributed by atoms with van der Waals surface area (Å²) in [6.07, 6.45) is 6.01. The Balaban J connectivity index is 1.80. The van der Waals surface area contributed by atoms with Gasteiger partial charge in [0.05, 0.1) is 6.04 Å². The molecule has 2 N–H and O–H groups in total. The zero-order valence-corrected chi connectivity index (χ0v) is 14.0. The van der Waals surface area contributed by atoms with E-state index in [0.29, 0.717) is 17.9 Å².